The van der Waals surface area contributed by atoms with Crippen LogP contribution < -0.4 is 0 Å². The maximum Gasteiger partial charge on any atom is 0.359 e. The summed E-state index contributed by atoms with van der Waals surface area (Å²) >= 11 is 15.3. The number of hydrogen-bond acceptors (Lipinski definition) is 4. The van der Waals surface area contributed by atoms with Crippen molar-refractivity contribution in [2.75, 3.05) is 6.61 Å². The Morgan fingerprint density at radius 3 is 2.73 bits per heavy atom. The smallest absolute Gasteiger partial charge is 0.359 e. The third-order valence-corrected chi connectivity index (χ3v) is 4.49. The van der Waals surface area contributed by atoms with Crippen LogP contribution in [0.3, 0.4) is 0 Å². The molecule has 0 saturated carbocycles. The molecule has 134 valence electrons. The van der Waals surface area contributed by atoms with Crippen LogP contribution in [0.15, 0.2) is 41.3 Å². The Kier molecular flexibility index (Phi) is 5.60. The minimum Gasteiger partial charge on any atom is -0.461 e. The van der Waals surface area contributed by atoms with Gasteiger partial charge in [-0.2, -0.15) is 0 Å². The van der Waals surface area contributed by atoms with E-state index in [0.29, 0.717) is 26.8 Å². The fraction of sp³-hybridized carbons (Fsp3) is 0.118. The second-order valence-electron chi connectivity index (χ2n) is 5.10. The maximum absolute atomic E-state index is 13.6. The van der Waals surface area contributed by atoms with E-state index in [2.05, 4.69) is 25.9 Å². The van der Waals surface area contributed by atoms with Crippen LogP contribution in [0.25, 0.3) is 17.1 Å². The normalized spacial score (nSPS) is 10.8. The van der Waals surface area contributed by atoms with Gasteiger partial charge in [-0.3, -0.25) is 4.57 Å². The first kappa shape index (κ1) is 18.8. The largest absolute Gasteiger partial charge is 0.461 e. The molecule has 0 radical (unpaired) electrons. The van der Waals surface area contributed by atoms with Gasteiger partial charge in [-0.25, -0.2) is 19.2 Å². The van der Waals surface area contributed by atoms with Gasteiger partial charge in [-0.15, -0.1) is 0 Å². The topological polar surface area (TPSA) is 57.0 Å². The second-order valence-corrected chi connectivity index (χ2v) is 6.65. The van der Waals surface area contributed by atoms with Gasteiger partial charge >= 0.3 is 5.97 Å². The Bertz CT molecular complexity index is 994. The summed E-state index contributed by atoms with van der Waals surface area (Å²) in [4.78, 5) is 20.9. The Labute approximate surface area is 166 Å². The Morgan fingerprint density at radius 2 is 2.08 bits per heavy atom. The summed E-state index contributed by atoms with van der Waals surface area (Å²) in [6.45, 7) is 1.87. The molecule has 2 aromatic heterocycles. The average molecular weight is 459 g/mol. The zero-order valence-corrected chi connectivity index (χ0v) is 16.4. The minimum absolute atomic E-state index is 0.0446. The molecule has 3 aromatic rings. The summed E-state index contributed by atoms with van der Waals surface area (Å²) < 4.78 is 20.6. The van der Waals surface area contributed by atoms with Gasteiger partial charge in [0.1, 0.15) is 11.6 Å². The number of rotatable bonds is 4. The van der Waals surface area contributed by atoms with Crippen molar-refractivity contribution in [3.63, 3.8) is 0 Å². The third-order valence-electron chi connectivity index (χ3n) is 3.43. The van der Waals surface area contributed by atoms with E-state index in [-0.39, 0.29) is 17.3 Å². The number of carbonyl (C=O) groups is 1. The van der Waals surface area contributed by atoms with Gasteiger partial charge in [-0.05, 0) is 47.1 Å². The van der Waals surface area contributed by atoms with Crippen LogP contribution in [0.5, 0.6) is 0 Å². The molecule has 0 unspecified atom stereocenters. The standard InChI is InChI=1S/C17H11BrCl2FN3O2/c1-2-26-16(25)14-15(9-3-4-12(21)11(20)7-9)24(17(18)23-14)13-8-10(19)5-6-22-13/h3-8H,2H2,1H3. The Balaban J connectivity index is 2.30. The lowest BCUT2D eigenvalue weighted by atomic mass is 10.1. The van der Waals surface area contributed by atoms with E-state index >= 15 is 0 Å². The second kappa shape index (κ2) is 7.73. The lowest BCUT2D eigenvalue weighted by Crippen LogP contribution is -2.08. The first-order valence-electron chi connectivity index (χ1n) is 7.45. The van der Waals surface area contributed by atoms with Crippen molar-refractivity contribution in [3.05, 3.63) is 62.8 Å². The molecule has 26 heavy (non-hydrogen) atoms. The molecule has 5 nitrogen and oxygen atoms in total. The zero-order valence-electron chi connectivity index (χ0n) is 13.3. The molecular weight excluding hydrogens is 448 g/mol. The van der Waals surface area contributed by atoms with Crippen molar-refractivity contribution in [1.29, 1.82) is 0 Å². The number of imidazole rings is 1. The summed E-state index contributed by atoms with van der Waals surface area (Å²) in [5, 5.41) is 0.372. The predicted octanol–water partition coefficient (Wildman–Crippen LogP) is 5.32. The molecule has 0 amide bonds. The molecule has 1 aromatic carbocycles. The van der Waals surface area contributed by atoms with Gasteiger partial charge in [0.2, 0.25) is 0 Å². The maximum atomic E-state index is 13.6. The average Bonchev–Trinajstić information content (AvgIpc) is 2.95. The van der Waals surface area contributed by atoms with E-state index in [4.69, 9.17) is 27.9 Å². The minimum atomic E-state index is -0.621. The molecule has 0 aliphatic carbocycles. The van der Waals surface area contributed by atoms with Crippen LogP contribution >= 0.6 is 39.1 Å². The quantitative estimate of drug-likeness (QED) is 0.496. The lowest BCUT2D eigenvalue weighted by molar-refractivity contribution is 0.0521. The summed E-state index contributed by atoms with van der Waals surface area (Å²) in [6, 6.07) is 7.34. The number of pyridine rings is 1. The van der Waals surface area contributed by atoms with Crippen molar-refractivity contribution in [2.24, 2.45) is 0 Å². The Morgan fingerprint density at radius 1 is 1.31 bits per heavy atom. The number of aromatic nitrogens is 3. The van der Waals surface area contributed by atoms with Gasteiger partial charge in [0, 0.05) is 22.8 Å². The predicted molar refractivity (Wildman–Crippen MR) is 100 cm³/mol. The fourth-order valence-corrected chi connectivity index (χ4v) is 3.24. The van der Waals surface area contributed by atoms with Crippen LogP contribution in [0.2, 0.25) is 10.0 Å². The van der Waals surface area contributed by atoms with Gasteiger partial charge in [0.25, 0.3) is 0 Å². The fourth-order valence-electron chi connectivity index (χ4n) is 2.37. The molecule has 0 spiro atoms. The lowest BCUT2D eigenvalue weighted by Gasteiger charge is -2.11. The zero-order chi connectivity index (χ0) is 18.8. The van der Waals surface area contributed by atoms with Crippen LogP contribution in [0.1, 0.15) is 17.4 Å². The number of benzene rings is 1. The highest BCUT2D eigenvalue weighted by molar-refractivity contribution is 9.10. The summed E-state index contributed by atoms with van der Waals surface area (Å²) in [5.74, 6) is -0.772. The van der Waals surface area contributed by atoms with Crippen molar-refractivity contribution in [1.82, 2.24) is 14.5 Å². The number of carbonyl (C=O) groups excluding carboxylic acids is 1. The third kappa shape index (κ3) is 3.60. The first-order valence-corrected chi connectivity index (χ1v) is 9.00. The van der Waals surface area contributed by atoms with E-state index in [9.17, 15) is 9.18 Å². The van der Waals surface area contributed by atoms with Crippen molar-refractivity contribution < 1.29 is 13.9 Å². The molecule has 0 fully saturated rings. The van der Waals surface area contributed by atoms with Crippen LogP contribution in [0, 0.1) is 5.82 Å². The van der Waals surface area contributed by atoms with E-state index in [0.717, 1.165) is 0 Å². The molecule has 9 heteroatoms. The Hall–Kier alpha value is -1.96. The van der Waals surface area contributed by atoms with Crippen molar-refractivity contribution in [2.45, 2.75) is 6.92 Å². The highest BCUT2D eigenvalue weighted by Crippen LogP contribution is 2.33. The molecule has 0 aliphatic heterocycles. The number of ether oxygens (including phenoxy) is 1. The molecule has 0 bridgehead atoms. The number of hydrogen-bond donors (Lipinski definition) is 0. The SMILES string of the molecule is CCOC(=O)c1nc(Br)n(-c2cc(Cl)ccn2)c1-c1ccc(F)c(Cl)c1. The van der Waals surface area contributed by atoms with Crippen LogP contribution in [-0.4, -0.2) is 27.1 Å². The van der Waals surface area contributed by atoms with Crippen molar-refractivity contribution in [3.8, 4) is 17.1 Å². The molecule has 2 heterocycles. The van der Waals surface area contributed by atoms with Crippen molar-refractivity contribution >= 4 is 45.1 Å². The number of esters is 1. The first-order chi connectivity index (χ1) is 12.4. The van der Waals surface area contributed by atoms with E-state index in [1.807, 2.05) is 0 Å². The molecule has 0 N–H and O–H groups in total. The molecular formula is C17H11BrCl2FN3O2. The summed E-state index contributed by atoms with van der Waals surface area (Å²) in [5.41, 5.74) is 0.870. The van der Waals surface area contributed by atoms with Crippen LogP contribution in [0.4, 0.5) is 4.39 Å². The molecule has 3 rings (SSSR count). The van der Waals surface area contributed by atoms with Gasteiger partial charge in [0.05, 0.1) is 17.3 Å². The molecule has 0 atom stereocenters. The van der Waals surface area contributed by atoms with Gasteiger partial charge in [0.15, 0.2) is 10.4 Å². The van der Waals surface area contributed by atoms with Gasteiger partial charge < -0.3 is 4.74 Å². The van der Waals surface area contributed by atoms with Crippen LogP contribution in [-0.2, 0) is 4.74 Å². The highest BCUT2D eigenvalue weighted by Gasteiger charge is 2.26. The molecule has 0 aliphatic rings. The van der Waals surface area contributed by atoms with E-state index < -0.39 is 11.8 Å². The van der Waals surface area contributed by atoms with Gasteiger partial charge in [-0.1, -0.05) is 23.2 Å². The molecule has 0 saturated heterocycles. The highest BCUT2D eigenvalue weighted by atomic mass is 79.9. The number of halogens is 4. The number of nitrogens with zero attached hydrogens (tertiary/aromatic N) is 3. The van der Waals surface area contributed by atoms with E-state index in [1.54, 1.807) is 23.6 Å². The summed E-state index contributed by atoms with van der Waals surface area (Å²) in [7, 11) is 0. The van der Waals surface area contributed by atoms with E-state index in [1.165, 1.54) is 24.4 Å². The monoisotopic (exact) mass is 457 g/mol. The summed E-state index contributed by atoms with van der Waals surface area (Å²) in [6.07, 6.45) is 1.52.